The molecule has 0 bridgehead atoms. The number of rotatable bonds is 7. The second kappa shape index (κ2) is 7.15. The van der Waals surface area contributed by atoms with Crippen molar-refractivity contribution >= 4 is 14.3 Å². The van der Waals surface area contributed by atoms with E-state index in [4.69, 9.17) is 8.85 Å². The van der Waals surface area contributed by atoms with Gasteiger partial charge < -0.3 is 8.85 Å². The van der Waals surface area contributed by atoms with Crippen LogP contribution in [-0.2, 0) is 8.85 Å². The van der Waals surface area contributed by atoms with Crippen LogP contribution in [0.4, 0.5) is 0 Å². The van der Waals surface area contributed by atoms with E-state index in [0.717, 1.165) is 25.4 Å². The van der Waals surface area contributed by atoms with Crippen molar-refractivity contribution in [2.45, 2.75) is 39.3 Å². The Hall–Kier alpha value is -0.193. The first-order valence-electron chi connectivity index (χ1n) is 5.18. The smallest absolute Gasteiger partial charge is 0.334 e. The fourth-order valence-electron chi connectivity index (χ4n) is 1.07. The summed E-state index contributed by atoms with van der Waals surface area (Å²) in [7, 11) is 1.62. The lowest BCUT2D eigenvalue weighted by Crippen LogP contribution is -2.35. The SMILES string of the molecule is CCC(C)=NCCC[Si](C)(OC)OC. The molecule has 0 radical (unpaired) electrons. The molecule has 0 fully saturated rings. The van der Waals surface area contributed by atoms with E-state index in [1.54, 1.807) is 14.2 Å². The van der Waals surface area contributed by atoms with Crippen molar-refractivity contribution < 1.29 is 8.85 Å². The van der Waals surface area contributed by atoms with Gasteiger partial charge in [-0.1, -0.05) is 6.92 Å². The van der Waals surface area contributed by atoms with Gasteiger partial charge >= 0.3 is 8.56 Å². The number of nitrogens with zero attached hydrogens (tertiary/aromatic N) is 1. The maximum atomic E-state index is 5.39. The number of hydrogen-bond donors (Lipinski definition) is 0. The van der Waals surface area contributed by atoms with Crippen LogP contribution in [0, 0.1) is 0 Å². The van der Waals surface area contributed by atoms with Crippen molar-refractivity contribution in [3.8, 4) is 0 Å². The molecule has 0 aromatic carbocycles. The summed E-state index contributed by atoms with van der Waals surface area (Å²) in [5.74, 6) is 0. The molecule has 0 heterocycles. The van der Waals surface area contributed by atoms with Gasteiger partial charge in [-0.3, -0.25) is 4.99 Å². The van der Waals surface area contributed by atoms with Crippen molar-refractivity contribution in [2.75, 3.05) is 20.8 Å². The predicted octanol–water partition coefficient (Wildman–Crippen LogP) is 2.61. The lowest BCUT2D eigenvalue weighted by molar-refractivity contribution is 0.249. The maximum absolute atomic E-state index is 5.39. The van der Waals surface area contributed by atoms with Gasteiger partial charge in [-0.25, -0.2) is 0 Å². The van der Waals surface area contributed by atoms with Gasteiger partial charge in [-0.05, 0) is 32.4 Å². The lowest BCUT2D eigenvalue weighted by atomic mass is 10.3. The van der Waals surface area contributed by atoms with Crippen molar-refractivity contribution in [3.63, 3.8) is 0 Å². The predicted molar refractivity (Wildman–Crippen MR) is 63.3 cm³/mol. The third kappa shape index (κ3) is 5.52. The minimum Gasteiger partial charge on any atom is -0.398 e. The zero-order valence-electron chi connectivity index (χ0n) is 10.1. The normalized spacial score (nSPS) is 13.4. The molecule has 0 N–H and O–H groups in total. The first-order chi connectivity index (χ1) is 6.58. The summed E-state index contributed by atoms with van der Waals surface area (Å²) in [6.45, 7) is 7.18. The van der Waals surface area contributed by atoms with Crippen LogP contribution in [0.2, 0.25) is 12.6 Å². The molecular formula is C10H23NO2Si. The number of aliphatic imine (C=N–C) groups is 1. The Balaban J connectivity index is 3.73. The van der Waals surface area contributed by atoms with E-state index in [0.29, 0.717) is 0 Å². The average molecular weight is 217 g/mol. The van der Waals surface area contributed by atoms with E-state index in [-0.39, 0.29) is 0 Å². The van der Waals surface area contributed by atoms with Gasteiger partial charge in [0.05, 0.1) is 0 Å². The van der Waals surface area contributed by atoms with Gasteiger partial charge in [0, 0.05) is 26.5 Å². The monoisotopic (exact) mass is 217 g/mol. The molecule has 4 heteroatoms. The molecule has 14 heavy (non-hydrogen) atoms. The topological polar surface area (TPSA) is 30.8 Å². The Bertz CT molecular complexity index is 179. The standard InChI is InChI=1S/C10H23NO2Si/c1-6-10(2)11-8-7-9-14(5,12-3)13-4/h6-9H2,1-5H3. The molecule has 0 aliphatic rings. The summed E-state index contributed by atoms with van der Waals surface area (Å²) in [5.41, 5.74) is 1.23. The Morgan fingerprint density at radius 3 is 2.29 bits per heavy atom. The molecule has 3 nitrogen and oxygen atoms in total. The van der Waals surface area contributed by atoms with Crippen molar-refractivity contribution in [1.82, 2.24) is 0 Å². The highest BCUT2D eigenvalue weighted by Crippen LogP contribution is 2.13. The highest BCUT2D eigenvalue weighted by atomic mass is 28.4. The van der Waals surface area contributed by atoms with Gasteiger partial charge in [0.25, 0.3) is 0 Å². The highest BCUT2D eigenvalue weighted by Gasteiger charge is 2.27. The first kappa shape index (κ1) is 13.8. The van der Waals surface area contributed by atoms with E-state index in [1.807, 2.05) is 0 Å². The molecule has 0 aliphatic carbocycles. The summed E-state index contributed by atoms with van der Waals surface area (Å²) in [5, 5.41) is 0. The minimum absolute atomic E-state index is 0.898. The third-order valence-electron chi connectivity index (χ3n) is 2.55. The Morgan fingerprint density at radius 1 is 1.29 bits per heavy atom. The second-order valence-electron chi connectivity index (χ2n) is 3.62. The summed E-state index contributed by atoms with van der Waals surface area (Å²) >= 11 is 0. The van der Waals surface area contributed by atoms with Crippen LogP contribution >= 0.6 is 0 Å². The molecule has 0 unspecified atom stereocenters. The largest absolute Gasteiger partial charge is 0.398 e. The zero-order valence-corrected chi connectivity index (χ0v) is 11.1. The zero-order chi connectivity index (χ0) is 11.0. The molecule has 0 spiro atoms. The molecule has 0 rings (SSSR count). The molecule has 0 saturated heterocycles. The van der Waals surface area contributed by atoms with Crippen LogP contribution in [-0.4, -0.2) is 35.0 Å². The van der Waals surface area contributed by atoms with Crippen molar-refractivity contribution in [1.29, 1.82) is 0 Å². The van der Waals surface area contributed by atoms with E-state index in [2.05, 4.69) is 25.4 Å². The molecule has 0 amide bonds. The Kier molecular flexibility index (Phi) is 7.05. The average Bonchev–Trinajstić information content (AvgIpc) is 2.23. The number of hydrogen-bond acceptors (Lipinski definition) is 3. The lowest BCUT2D eigenvalue weighted by Gasteiger charge is -2.22. The van der Waals surface area contributed by atoms with E-state index in [9.17, 15) is 0 Å². The fourth-order valence-corrected chi connectivity index (χ4v) is 2.44. The molecule has 0 aromatic heterocycles. The highest BCUT2D eigenvalue weighted by molar-refractivity contribution is 6.65. The Labute approximate surface area is 88.8 Å². The van der Waals surface area contributed by atoms with E-state index in [1.165, 1.54) is 5.71 Å². The summed E-state index contributed by atoms with van der Waals surface area (Å²) < 4.78 is 10.8. The molecule has 84 valence electrons. The van der Waals surface area contributed by atoms with Crippen LogP contribution < -0.4 is 0 Å². The third-order valence-corrected chi connectivity index (χ3v) is 5.53. The van der Waals surface area contributed by atoms with Crippen LogP contribution in [0.5, 0.6) is 0 Å². The van der Waals surface area contributed by atoms with Gasteiger partial charge in [-0.15, -0.1) is 0 Å². The van der Waals surface area contributed by atoms with Gasteiger partial charge in [0.15, 0.2) is 0 Å². The van der Waals surface area contributed by atoms with Crippen molar-refractivity contribution in [2.24, 2.45) is 4.99 Å². The van der Waals surface area contributed by atoms with Gasteiger partial charge in [0.1, 0.15) is 0 Å². The van der Waals surface area contributed by atoms with Crippen molar-refractivity contribution in [3.05, 3.63) is 0 Å². The molecule has 0 atom stereocenters. The molecule has 0 aliphatic heterocycles. The van der Waals surface area contributed by atoms with Crippen LogP contribution in [0.3, 0.4) is 0 Å². The van der Waals surface area contributed by atoms with E-state index < -0.39 is 8.56 Å². The molecular weight excluding hydrogens is 194 g/mol. The van der Waals surface area contributed by atoms with Gasteiger partial charge in [0.2, 0.25) is 0 Å². The first-order valence-corrected chi connectivity index (χ1v) is 7.70. The summed E-state index contributed by atoms with van der Waals surface area (Å²) in [4.78, 5) is 4.44. The minimum atomic E-state index is -1.85. The van der Waals surface area contributed by atoms with Crippen LogP contribution in [0.1, 0.15) is 26.7 Å². The van der Waals surface area contributed by atoms with E-state index >= 15 is 0 Å². The summed E-state index contributed by atoms with van der Waals surface area (Å²) in [6.07, 6.45) is 2.10. The fraction of sp³-hybridized carbons (Fsp3) is 0.900. The quantitative estimate of drug-likeness (QED) is 0.373. The maximum Gasteiger partial charge on any atom is 0.334 e. The van der Waals surface area contributed by atoms with Gasteiger partial charge in [-0.2, -0.15) is 0 Å². The van der Waals surface area contributed by atoms with Crippen LogP contribution in [0.25, 0.3) is 0 Å². The second-order valence-corrected chi connectivity index (χ2v) is 7.20. The molecule has 0 aromatic rings. The summed E-state index contributed by atoms with van der Waals surface area (Å²) in [6, 6.07) is 1.01. The molecule has 0 saturated carbocycles. The van der Waals surface area contributed by atoms with Crippen LogP contribution in [0.15, 0.2) is 4.99 Å². The Morgan fingerprint density at radius 2 is 1.86 bits per heavy atom.